The average molecular weight is 418 g/mol. The number of nitrogens with zero attached hydrogens (tertiary/aromatic N) is 1. The predicted molar refractivity (Wildman–Crippen MR) is 114 cm³/mol. The predicted octanol–water partition coefficient (Wildman–Crippen LogP) is 4.20. The van der Waals surface area contributed by atoms with Crippen molar-refractivity contribution >= 4 is 34.9 Å². The van der Waals surface area contributed by atoms with Crippen LogP contribution in [0, 0.1) is 6.92 Å². The molecule has 0 radical (unpaired) electrons. The van der Waals surface area contributed by atoms with Gasteiger partial charge >= 0.3 is 5.97 Å². The molecule has 8 heteroatoms. The fraction of sp³-hybridized carbons (Fsp3) is 0.350. The van der Waals surface area contributed by atoms with E-state index in [9.17, 15) is 9.59 Å². The summed E-state index contributed by atoms with van der Waals surface area (Å²) in [6.45, 7) is 9.56. The third-order valence-corrected chi connectivity index (χ3v) is 6.54. The smallest absolute Gasteiger partial charge is 0.337 e. The Labute approximate surface area is 172 Å². The number of H-pyrrole nitrogens is 1. The summed E-state index contributed by atoms with van der Waals surface area (Å²) < 4.78 is 5.31. The Balaban J connectivity index is 2.16. The van der Waals surface area contributed by atoms with Crippen LogP contribution < -0.4 is 10.9 Å². The third-order valence-electron chi connectivity index (χ3n) is 4.38. The number of fused-ring (bicyclic) bond motifs is 1. The van der Waals surface area contributed by atoms with E-state index in [4.69, 9.17) is 4.74 Å². The summed E-state index contributed by atoms with van der Waals surface area (Å²) in [5.41, 5.74) is 2.30. The van der Waals surface area contributed by atoms with E-state index < -0.39 is 11.9 Å². The van der Waals surface area contributed by atoms with Crippen molar-refractivity contribution in [1.82, 2.24) is 9.97 Å². The van der Waals surface area contributed by atoms with E-state index in [2.05, 4.69) is 28.8 Å². The summed E-state index contributed by atoms with van der Waals surface area (Å²) >= 11 is 3.02. The number of hydrogen-bond acceptors (Lipinski definition) is 7. The number of esters is 1. The van der Waals surface area contributed by atoms with Crippen LogP contribution in [0.4, 0.5) is 5.82 Å². The Bertz CT molecular complexity index is 991. The molecule has 0 spiro atoms. The Morgan fingerprint density at radius 2 is 2.25 bits per heavy atom. The van der Waals surface area contributed by atoms with Gasteiger partial charge in [-0.3, -0.25) is 4.79 Å². The second-order valence-electron chi connectivity index (χ2n) is 6.43. The lowest BCUT2D eigenvalue weighted by molar-refractivity contribution is -0.138. The average Bonchev–Trinajstić information content (AvgIpc) is 3.08. The minimum atomic E-state index is -0.518. The molecule has 1 unspecified atom stereocenters. The Kier molecular flexibility index (Phi) is 6.41. The Morgan fingerprint density at radius 1 is 1.46 bits per heavy atom. The largest absolute Gasteiger partial charge is 0.458 e. The van der Waals surface area contributed by atoms with Crippen molar-refractivity contribution in [3.05, 3.63) is 61.7 Å². The summed E-state index contributed by atoms with van der Waals surface area (Å²) in [5.74, 6) is 0.383. The molecule has 1 aliphatic rings. The molecule has 148 valence electrons. The van der Waals surface area contributed by atoms with E-state index in [1.807, 2.05) is 25.3 Å². The number of ether oxygens (including phenoxy) is 1. The second kappa shape index (κ2) is 8.79. The van der Waals surface area contributed by atoms with E-state index in [1.54, 1.807) is 0 Å². The molecule has 1 aliphatic heterocycles. The number of aryl methyl sites for hydroxylation is 1. The van der Waals surface area contributed by atoms with E-state index in [1.165, 1.54) is 29.2 Å². The van der Waals surface area contributed by atoms with Crippen LogP contribution in [-0.4, -0.2) is 28.3 Å². The fourth-order valence-corrected chi connectivity index (χ4v) is 4.89. The van der Waals surface area contributed by atoms with Crippen LogP contribution >= 0.6 is 23.1 Å². The van der Waals surface area contributed by atoms with Gasteiger partial charge in [-0.25, -0.2) is 9.78 Å². The summed E-state index contributed by atoms with van der Waals surface area (Å²) in [6, 6.07) is 1.98. The lowest BCUT2D eigenvalue weighted by atomic mass is 9.85. The van der Waals surface area contributed by atoms with Crippen molar-refractivity contribution in [2.24, 2.45) is 0 Å². The molecule has 0 fully saturated rings. The first-order chi connectivity index (χ1) is 13.5. The molecule has 0 aromatic carbocycles. The van der Waals surface area contributed by atoms with Crippen LogP contribution in [0.3, 0.4) is 0 Å². The van der Waals surface area contributed by atoms with Gasteiger partial charge in [0.15, 0.2) is 5.16 Å². The normalized spacial score (nSPS) is 15.8. The van der Waals surface area contributed by atoms with E-state index in [-0.39, 0.29) is 12.2 Å². The van der Waals surface area contributed by atoms with E-state index >= 15 is 0 Å². The minimum Gasteiger partial charge on any atom is -0.458 e. The summed E-state index contributed by atoms with van der Waals surface area (Å²) in [5, 5.41) is 5.68. The SMILES string of the molecule is C=CCOC(=O)C1=C(C)Nc2nc(SCCC)[nH]c(=O)c2C1c1sccc1C. The van der Waals surface area contributed by atoms with Crippen LogP contribution in [0.1, 0.15) is 42.2 Å². The van der Waals surface area contributed by atoms with Crippen LogP contribution in [0.2, 0.25) is 0 Å². The van der Waals surface area contributed by atoms with Gasteiger partial charge in [-0.15, -0.1) is 11.3 Å². The standard InChI is InChI=1S/C20H23N3O3S2/c1-5-8-26-19(25)13-12(4)21-17-15(14(13)16-11(3)7-10-27-16)18(24)23-20(22-17)28-9-6-2/h5,7,10,14H,1,6,8-9H2,2-4H3,(H2,21,22,23,24). The number of aromatic nitrogens is 2. The zero-order valence-electron chi connectivity index (χ0n) is 16.1. The highest BCUT2D eigenvalue weighted by molar-refractivity contribution is 7.99. The molecule has 3 heterocycles. The highest BCUT2D eigenvalue weighted by atomic mass is 32.2. The van der Waals surface area contributed by atoms with Gasteiger partial charge in [-0.05, 0) is 37.3 Å². The molecule has 3 rings (SSSR count). The van der Waals surface area contributed by atoms with Crippen LogP contribution in [0.15, 0.2) is 45.3 Å². The van der Waals surface area contributed by atoms with Gasteiger partial charge in [0, 0.05) is 16.3 Å². The minimum absolute atomic E-state index is 0.111. The molecule has 2 aromatic heterocycles. The van der Waals surface area contributed by atoms with Gasteiger partial charge in [0.05, 0.1) is 17.1 Å². The van der Waals surface area contributed by atoms with E-state index in [0.717, 1.165) is 22.6 Å². The Hall–Kier alpha value is -2.32. The molecular formula is C20H23N3O3S2. The van der Waals surface area contributed by atoms with Crippen molar-refractivity contribution in [3.63, 3.8) is 0 Å². The lowest BCUT2D eigenvalue weighted by Gasteiger charge is -2.28. The monoisotopic (exact) mass is 417 g/mol. The maximum absolute atomic E-state index is 13.0. The zero-order chi connectivity index (χ0) is 20.3. The van der Waals surface area contributed by atoms with Gasteiger partial charge < -0.3 is 15.0 Å². The molecule has 1 atom stereocenters. The number of carbonyl (C=O) groups is 1. The van der Waals surface area contributed by atoms with Gasteiger partial charge in [-0.2, -0.15) is 0 Å². The topological polar surface area (TPSA) is 84.1 Å². The molecule has 2 aromatic rings. The van der Waals surface area contributed by atoms with Crippen molar-refractivity contribution in [1.29, 1.82) is 0 Å². The van der Waals surface area contributed by atoms with Gasteiger partial charge in [0.1, 0.15) is 12.4 Å². The second-order valence-corrected chi connectivity index (χ2v) is 8.46. The molecule has 2 N–H and O–H groups in total. The van der Waals surface area contributed by atoms with Gasteiger partial charge in [0.2, 0.25) is 0 Å². The number of nitrogens with one attached hydrogen (secondary N) is 2. The molecular weight excluding hydrogens is 394 g/mol. The molecule has 0 aliphatic carbocycles. The van der Waals surface area contributed by atoms with Crippen molar-refractivity contribution in [2.75, 3.05) is 17.7 Å². The summed E-state index contributed by atoms with van der Waals surface area (Å²) in [4.78, 5) is 34.2. The van der Waals surface area contributed by atoms with Crippen LogP contribution in [0.25, 0.3) is 0 Å². The summed E-state index contributed by atoms with van der Waals surface area (Å²) in [7, 11) is 0. The molecule has 0 saturated carbocycles. The maximum atomic E-state index is 13.0. The van der Waals surface area contributed by atoms with Gasteiger partial charge in [0.25, 0.3) is 5.56 Å². The summed E-state index contributed by atoms with van der Waals surface area (Å²) in [6.07, 6.45) is 2.50. The van der Waals surface area contributed by atoms with Crippen molar-refractivity contribution < 1.29 is 9.53 Å². The molecule has 0 amide bonds. The first-order valence-corrected chi connectivity index (χ1v) is 10.9. The van der Waals surface area contributed by atoms with Crippen LogP contribution in [0.5, 0.6) is 0 Å². The Morgan fingerprint density at radius 3 is 2.89 bits per heavy atom. The van der Waals surface area contributed by atoms with E-state index in [0.29, 0.717) is 27.8 Å². The first-order valence-electron chi connectivity index (χ1n) is 9.04. The third kappa shape index (κ3) is 3.93. The lowest BCUT2D eigenvalue weighted by Crippen LogP contribution is -2.31. The quantitative estimate of drug-likeness (QED) is 0.304. The number of rotatable bonds is 7. The first kappa shape index (κ1) is 20.4. The number of hydrogen-bond donors (Lipinski definition) is 2. The zero-order valence-corrected chi connectivity index (χ0v) is 17.8. The molecule has 28 heavy (non-hydrogen) atoms. The fourth-order valence-electron chi connectivity index (χ4n) is 3.12. The van der Waals surface area contributed by atoms with Crippen molar-refractivity contribution in [3.8, 4) is 0 Å². The number of anilines is 1. The number of thioether (sulfide) groups is 1. The van der Waals surface area contributed by atoms with Gasteiger partial charge in [-0.1, -0.05) is 31.3 Å². The van der Waals surface area contributed by atoms with Crippen molar-refractivity contribution in [2.45, 2.75) is 38.3 Å². The number of aromatic amines is 1. The maximum Gasteiger partial charge on any atom is 0.337 e. The van der Waals surface area contributed by atoms with Crippen LogP contribution in [-0.2, 0) is 9.53 Å². The molecule has 0 saturated heterocycles. The number of carbonyl (C=O) groups excluding carboxylic acids is 1. The molecule has 6 nitrogen and oxygen atoms in total. The number of thiophene rings is 1. The molecule has 0 bridgehead atoms. The highest BCUT2D eigenvalue weighted by Gasteiger charge is 2.37. The highest BCUT2D eigenvalue weighted by Crippen LogP contribution is 2.43. The number of allylic oxidation sites excluding steroid dienone is 1.